The summed E-state index contributed by atoms with van der Waals surface area (Å²) in [6, 6.07) is 14.7. The van der Waals surface area contributed by atoms with Gasteiger partial charge in [0.05, 0.1) is 30.3 Å². The van der Waals surface area contributed by atoms with Crippen molar-refractivity contribution >= 4 is 22.5 Å². The van der Waals surface area contributed by atoms with Crippen LogP contribution in [-0.2, 0) is 11.3 Å². The van der Waals surface area contributed by atoms with Crippen molar-refractivity contribution in [2.24, 2.45) is 0 Å². The molecule has 1 aliphatic heterocycles. The predicted molar refractivity (Wildman–Crippen MR) is 139 cm³/mol. The lowest BCUT2D eigenvalue weighted by atomic mass is 9.74. The molecule has 0 bridgehead atoms. The number of halogens is 6. The molecule has 0 N–H and O–H groups in total. The number of rotatable bonds is 6. The summed E-state index contributed by atoms with van der Waals surface area (Å²) in [4.78, 5) is 8.80. The maximum Gasteiger partial charge on any atom is 0.417 e. The molecule has 1 aliphatic rings. The number of ether oxygens (including phenoxy) is 3. The van der Waals surface area contributed by atoms with E-state index in [1.165, 1.54) is 12.3 Å². The second-order valence-electron chi connectivity index (χ2n) is 9.76. The molecule has 210 valence electrons. The number of alkyl halides is 3. The Hall–Kier alpha value is -3.50. The van der Waals surface area contributed by atoms with E-state index >= 15 is 0 Å². The first-order valence-electron chi connectivity index (χ1n) is 12.4. The Bertz CT molecular complexity index is 1540. The lowest BCUT2D eigenvalue weighted by Crippen LogP contribution is -2.50. The fourth-order valence-electron chi connectivity index (χ4n) is 5.04. The monoisotopic (exact) mass is 578 g/mol. The molecule has 0 spiro atoms. The van der Waals surface area contributed by atoms with Crippen LogP contribution in [0.25, 0.3) is 10.9 Å². The number of fused-ring (bicyclic) bond motifs is 1. The van der Waals surface area contributed by atoms with E-state index in [0.29, 0.717) is 22.3 Å². The van der Waals surface area contributed by atoms with Gasteiger partial charge in [0.2, 0.25) is 5.82 Å². The van der Waals surface area contributed by atoms with Crippen molar-refractivity contribution in [2.45, 2.75) is 43.6 Å². The predicted octanol–water partition coefficient (Wildman–Crippen LogP) is 7.76. The van der Waals surface area contributed by atoms with Gasteiger partial charge in [0, 0.05) is 29.7 Å². The zero-order valence-electron chi connectivity index (χ0n) is 21.4. The van der Waals surface area contributed by atoms with Crippen molar-refractivity contribution in [1.29, 1.82) is 0 Å². The highest BCUT2D eigenvalue weighted by Crippen LogP contribution is 2.52. The van der Waals surface area contributed by atoms with Crippen molar-refractivity contribution in [3.05, 3.63) is 94.4 Å². The van der Waals surface area contributed by atoms with Crippen molar-refractivity contribution in [3.63, 3.8) is 0 Å². The van der Waals surface area contributed by atoms with Crippen LogP contribution < -0.4 is 9.47 Å². The Morgan fingerprint density at radius 2 is 1.82 bits per heavy atom. The van der Waals surface area contributed by atoms with E-state index in [1.54, 1.807) is 12.1 Å². The molecule has 2 aromatic heterocycles. The Balaban J connectivity index is 1.64. The summed E-state index contributed by atoms with van der Waals surface area (Å²) in [5.74, 6) is -4.41. The first-order chi connectivity index (χ1) is 19.0. The van der Waals surface area contributed by atoms with Crippen LogP contribution in [0, 0.1) is 11.6 Å². The van der Waals surface area contributed by atoms with Crippen LogP contribution in [0.5, 0.6) is 11.5 Å². The lowest BCUT2D eigenvalue weighted by Gasteiger charge is -2.43. The number of aromatic nitrogens is 2. The highest BCUT2D eigenvalue weighted by atomic mass is 35.5. The van der Waals surface area contributed by atoms with Crippen LogP contribution in [0.15, 0.2) is 60.8 Å². The second-order valence-corrected chi connectivity index (χ2v) is 10.1. The number of methoxy groups -OCH3 is 1. The van der Waals surface area contributed by atoms with Gasteiger partial charge >= 0.3 is 6.18 Å². The van der Waals surface area contributed by atoms with Crippen LogP contribution in [-0.4, -0.2) is 35.5 Å². The fraction of sp³-hybridized carbons (Fsp3) is 0.310. The fourth-order valence-corrected chi connectivity index (χ4v) is 5.28. The minimum Gasteiger partial charge on any atom is -0.493 e. The van der Waals surface area contributed by atoms with Crippen molar-refractivity contribution in [2.75, 3.05) is 13.7 Å². The molecule has 1 fully saturated rings. The van der Waals surface area contributed by atoms with Gasteiger partial charge in [0.15, 0.2) is 17.2 Å². The molecular formula is C29H24ClF5N2O3. The maximum absolute atomic E-state index is 14.7. The van der Waals surface area contributed by atoms with Gasteiger partial charge in [0.25, 0.3) is 0 Å². The quantitative estimate of drug-likeness (QED) is 0.173. The molecule has 0 aliphatic carbocycles. The number of pyridine rings is 2. The van der Waals surface area contributed by atoms with Crippen LogP contribution in [0.4, 0.5) is 22.0 Å². The molecule has 3 atom stereocenters. The summed E-state index contributed by atoms with van der Waals surface area (Å²) in [5.41, 5.74) is -0.854. The van der Waals surface area contributed by atoms with Gasteiger partial charge in [-0.3, -0.25) is 4.98 Å². The van der Waals surface area contributed by atoms with E-state index in [4.69, 9.17) is 25.8 Å². The SMILES string of the molecule is COc1c([C@@H]2C[C@](C)(C(F)(F)F)OC[C@H]2c2cc(OCc3ccccc3)c3c(Cl)nccc3n2)ccc(F)c1F. The van der Waals surface area contributed by atoms with E-state index in [0.717, 1.165) is 25.7 Å². The second kappa shape index (κ2) is 10.8. The van der Waals surface area contributed by atoms with Crippen LogP contribution in [0.3, 0.4) is 0 Å². The third kappa shape index (κ3) is 5.17. The third-order valence-corrected chi connectivity index (χ3v) is 7.52. The summed E-state index contributed by atoms with van der Waals surface area (Å²) >= 11 is 6.39. The molecule has 0 unspecified atom stereocenters. The molecule has 3 heterocycles. The highest BCUT2D eigenvalue weighted by Gasteiger charge is 2.57. The number of nitrogens with zero attached hydrogens (tertiary/aromatic N) is 2. The number of benzene rings is 2. The minimum absolute atomic E-state index is 0.0755. The first-order valence-corrected chi connectivity index (χ1v) is 12.7. The van der Waals surface area contributed by atoms with E-state index in [-0.39, 0.29) is 17.3 Å². The van der Waals surface area contributed by atoms with E-state index < -0.39 is 54.0 Å². The van der Waals surface area contributed by atoms with Gasteiger partial charge in [-0.25, -0.2) is 9.37 Å². The van der Waals surface area contributed by atoms with E-state index in [1.807, 2.05) is 30.3 Å². The molecule has 0 radical (unpaired) electrons. The maximum atomic E-state index is 14.7. The van der Waals surface area contributed by atoms with Crippen molar-refractivity contribution in [3.8, 4) is 11.5 Å². The van der Waals surface area contributed by atoms with Gasteiger partial charge in [-0.2, -0.15) is 17.6 Å². The molecule has 2 aromatic carbocycles. The van der Waals surface area contributed by atoms with Crippen LogP contribution in [0.1, 0.15) is 42.0 Å². The van der Waals surface area contributed by atoms with Crippen LogP contribution >= 0.6 is 11.6 Å². The van der Waals surface area contributed by atoms with Crippen LogP contribution in [0.2, 0.25) is 5.15 Å². The molecule has 11 heteroatoms. The zero-order chi connectivity index (χ0) is 28.7. The molecule has 4 aromatic rings. The standard InChI is InChI=1S/C29H24ClF5N2O3/c1-28(29(33,34)35)13-18(17-8-9-20(31)25(32)26(17)38-2)19(15-40-28)22-12-23(39-14-16-6-4-3-5-7-16)24-21(37-22)10-11-36-27(24)30/h3-12,18-19H,13-15H2,1-2H3/t18-,19+,28+/m0/s1. The third-order valence-electron chi connectivity index (χ3n) is 7.23. The Labute approximate surface area is 231 Å². The van der Waals surface area contributed by atoms with E-state index in [9.17, 15) is 22.0 Å². The molecule has 5 nitrogen and oxygen atoms in total. The topological polar surface area (TPSA) is 53.5 Å². The summed E-state index contributed by atoms with van der Waals surface area (Å²) in [7, 11) is 1.14. The van der Waals surface area contributed by atoms with Crippen molar-refractivity contribution < 1.29 is 36.2 Å². The van der Waals surface area contributed by atoms with Crippen molar-refractivity contribution in [1.82, 2.24) is 9.97 Å². The largest absolute Gasteiger partial charge is 0.493 e. The molecule has 0 amide bonds. The molecule has 40 heavy (non-hydrogen) atoms. The summed E-state index contributed by atoms with van der Waals surface area (Å²) < 4.78 is 87.8. The Morgan fingerprint density at radius 3 is 2.52 bits per heavy atom. The minimum atomic E-state index is -4.72. The zero-order valence-corrected chi connectivity index (χ0v) is 22.2. The molecule has 0 saturated carbocycles. The van der Waals surface area contributed by atoms with E-state index in [2.05, 4.69) is 9.97 Å². The van der Waals surface area contributed by atoms with Gasteiger partial charge in [0.1, 0.15) is 17.5 Å². The molecule has 1 saturated heterocycles. The highest BCUT2D eigenvalue weighted by molar-refractivity contribution is 6.34. The van der Waals surface area contributed by atoms with Gasteiger partial charge < -0.3 is 14.2 Å². The Kier molecular flexibility index (Phi) is 7.58. The number of hydrogen-bond acceptors (Lipinski definition) is 5. The summed E-state index contributed by atoms with van der Waals surface area (Å²) in [6.45, 7) is 0.715. The van der Waals surface area contributed by atoms with Gasteiger partial charge in [-0.1, -0.05) is 48.0 Å². The van der Waals surface area contributed by atoms with Gasteiger partial charge in [-0.15, -0.1) is 0 Å². The molecule has 5 rings (SSSR count). The summed E-state index contributed by atoms with van der Waals surface area (Å²) in [6.07, 6.45) is -3.85. The normalized spacial score (nSPS) is 21.4. The average molecular weight is 579 g/mol. The summed E-state index contributed by atoms with van der Waals surface area (Å²) in [5, 5.41) is 0.575. The lowest BCUT2D eigenvalue weighted by molar-refractivity contribution is -0.286. The first kappa shape index (κ1) is 28.0. The Morgan fingerprint density at radius 1 is 1.07 bits per heavy atom. The smallest absolute Gasteiger partial charge is 0.417 e. The number of hydrogen-bond donors (Lipinski definition) is 0. The van der Waals surface area contributed by atoms with Gasteiger partial charge in [-0.05, 0) is 31.0 Å². The molecular weight excluding hydrogens is 555 g/mol. The average Bonchev–Trinajstić information content (AvgIpc) is 2.93.